The van der Waals surface area contributed by atoms with Crippen LogP contribution in [-0.4, -0.2) is 43.4 Å². The van der Waals surface area contributed by atoms with Crippen LogP contribution in [0.15, 0.2) is 52.1 Å². The van der Waals surface area contributed by atoms with Gasteiger partial charge in [-0.15, -0.1) is 11.3 Å². The smallest absolute Gasteiger partial charge is 0.275 e. The summed E-state index contributed by atoms with van der Waals surface area (Å²) in [7, 11) is -7.56. The Hall–Kier alpha value is -2.61. The highest BCUT2D eigenvalue weighted by Crippen LogP contribution is 2.21. The van der Waals surface area contributed by atoms with E-state index < -0.39 is 30.9 Å². The summed E-state index contributed by atoms with van der Waals surface area (Å²) in [5, 5.41) is 3.71. The first kappa shape index (κ1) is 22.1. The van der Waals surface area contributed by atoms with E-state index in [1.807, 2.05) is 0 Å². The van der Waals surface area contributed by atoms with Crippen molar-refractivity contribution in [3.05, 3.63) is 52.8 Å². The number of hydrogen-bond donors (Lipinski definition) is 2. The predicted octanol–water partition coefficient (Wildman–Crippen LogP) is 2.43. The number of benzene rings is 1. The minimum atomic E-state index is -3.84. The zero-order valence-electron chi connectivity index (χ0n) is 15.2. The number of halogens is 1. The van der Waals surface area contributed by atoms with Crippen LogP contribution < -0.4 is 10.0 Å². The van der Waals surface area contributed by atoms with E-state index in [9.17, 15) is 21.6 Å². The summed E-state index contributed by atoms with van der Waals surface area (Å²) >= 11 is 7.06. The van der Waals surface area contributed by atoms with Gasteiger partial charge in [0.1, 0.15) is 0 Å². The average molecular weight is 488 g/mol. The highest BCUT2D eigenvalue weighted by molar-refractivity contribution is 7.93. The molecule has 10 nitrogen and oxygen atoms in total. The van der Waals surface area contributed by atoms with Gasteiger partial charge in [0.05, 0.1) is 21.9 Å². The second kappa shape index (κ2) is 8.63. The van der Waals surface area contributed by atoms with E-state index in [1.54, 1.807) is 5.38 Å². The Kier molecular flexibility index (Phi) is 6.36. The van der Waals surface area contributed by atoms with Crippen molar-refractivity contribution in [2.24, 2.45) is 0 Å². The summed E-state index contributed by atoms with van der Waals surface area (Å²) in [4.78, 5) is 23.7. The molecule has 14 heteroatoms. The zero-order valence-corrected chi connectivity index (χ0v) is 18.4. The first-order chi connectivity index (χ1) is 14.1. The van der Waals surface area contributed by atoms with E-state index in [1.165, 1.54) is 37.4 Å². The predicted molar refractivity (Wildman–Crippen MR) is 112 cm³/mol. The Morgan fingerprint density at radius 3 is 2.43 bits per heavy atom. The lowest BCUT2D eigenvalue weighted by atomic mass is 10.3. The number of hydrogen-bond acceptors (Lipinski definition) is 9. The minimum Gasteiger partial charge on any atom is -0.321 e. The van der Waals surface area contributed by atoms with Crippen molar-refractivity contribution in [1.82, 2.24) is 15.0 Å². The third-order valence-electron chi connectivity index (χ3n) is 3.67. The highest BCUT2D eigenvalue weighted by Gasteiger charge is 2.21. The summed E-state index contributed by atoms with van der Waals surface area (Å²) in [6.07, 6.45) is 2.50. The molecule has 0 aliphatic rings. The lowest BCUT2D eigenvalue weighted by Gasteiger charge is -2.09. The molecule has 1 amide bonds. The molecule has 158 valence electrons. The van der Waals surface area contributed by atoms with Crippen LogP contribution in [0.4, 0.5) is 10.8 Å². The molecule has 0 spiro atoms. The fourth-order valence-corrected chi connectivity index (χ4v) is 4.81. The Morgan fingerprint density at radius 2 is 1.83 bits per heavy atom. The normalized spacial score (nSPS) is 11.8. The molecule has 3 aromatic rings. The average Bonchev–Trinajstić information content (AvgIpc) is 3.20. The number of nitrogens with one attached hydrogen (secondary N) is 2. The molecule has 2 N–H and O–H groups in total. The summed E-state index contributed by atoms with van der Waals surface area (Å²) in [6.45, 7) is 1.42. The summed E-state index contributed by atoms with van der Waals surface area (Å²) in [5.74, 6) is -1.01. The third kappa shape index (κ3) is 4.92. The molecule has 0 unspecified atom stereocenters. The molecule has 0 aliphatic heterocycles. The van der Waals surface area contributed by atoms with Gasteiger partial charge in [0, 0.05) is 17.3 Å². The van der Waals surface area contributed by atoms with Crippen molar-refractivity contribution in [2.75, 3.05) is 15.8 Å². The number of amides is 1. The van der Waals surface area contributed by atoms with Gasteiger partial charge in [0.2, 0.25) is 15.0 Å². The fraction of sp³-hybridized carbons (Fsp3) is 0.125. The molecule has 2 aromatic heterocycles. The molecule has 2 heterocycles. The van der Waals surface area contributed by atoms with Gasteiger partial charge in [-0.25, -0.2) is 31.8 Å². The molecule has 0 bridgehead atoms. The van der Waals surface area contributed by atoms with Crippen LogP contribution in [-0.2, 0) is 19.9 Å². The van der Waals surface area contributed by atoms with E-state index in [-0.39, 0.29) is 32.2 Å². The Labute approximate surface area is 181 Å². The van der Waals surface area contributed by atoms with Crippen LogP contribution in [0.3, 0.4) is 0 Å². The van der Waals surface area contributed by atoms with Gasteiger partial charge in [0.25, 0.3) is 15.9 Å². The standard InChI is InChI=1S/C16H14ClN5O5S3/c1-2-29(24,25)16-19-9-12(17)13(21-16)14(23)20-10-3-5-11(6-4-10)30(26,27)22-15-18-7-8-28-15/h3-9H,2H2,1H3,(H,18,22)(H,20,23). The van der Waals surface area contributed by atoms with Crippen molar-refractivity contribution < 1.29 is 21.6 Å². The van der Waals surface area contributed by atoms with Gasteiger partial charge in [-0.3, -0.25) is 9.52 Å². The number of carbonyl (C=O) groups excluding carboxylic acids is 1. The van der Waals surface area contributed by atoms with Gasteiger partial charge < -0.3 is 5.32 Å². The van der Waals surface area contributed by atoms with Gasteiger partial charge >= 0.3 is 0 Å². The maximum Gasteiger partial charge on any atom is 0.275 e. The van der Waals surface area contributed by atoms with E-state index in [0.717, 1.165) is 17.5 Å². The van der Waals surface area contributed by atoms with Crippen molar-refractivity contribution in [1.29, 1.82) is 0 Å². The molecule has 0 radical (unpaired) electrons. The summed E-state index contributed by atoms with van der Waals surface area (Å²) in [6, 6.07) is 5.32. The van der Waals surface area contributed by atoms with Gasteiger partial charge in [0.15, 0.2) is 10.8 Å². The number of rotatable bonds is 7. The van der Waals surface area contributed by atoms with Gasteiger partial charge in [-0.1, -0.05) is 18.5 Å². The lowest BCUT2D eigenvalue weighted by Crippen LogP contribution is -2.18. The number of anilines is 2. The second-order valence-electron chi connectivity index (χ2n) is 5.67. The molecule has 0 atom stereocenters. The maximum absolute atomic E-state index is 12.5. The molecule has 0 saturated heterocycles. The number of sulfone groups is 1. The quantitative estimate of drug-likeness (QED) is 0.482. The lowest BCUT2D eigenvalue weighted by molar-refractivity contribution is 0.102. The Balaban J connectivity index is 1.79. The topological polar surface area (TPSA) is 148 Å². The van der Waals surface area contributed by atoms with Crippen LogP contribution in [0, 0.1) is 0 Å². The Bertz CT molecular complexity index is 1280. The van der Waals surface area contributed by atoms with E-state index in [2.05, 4.69) is 25.0 Å². The minimum absolute atomic E-state index is 0.0351. The monoisotopic (exact) mass is 487 g/mol. The first-order valence-electron chi connectivity index (χ1n) is 8.21. The van der Waals surface area contributed by atoms with E-state index >= 15 is 0 Å². The number of aromatic nitrogens is 3. The van der Waals surface area contributed by atoms with Crippen LogP contribution in [0.2, 0.25) is 5.02 Å². The van der Waals surface area contributed by atoms with Crippen molar-refractivity contribution in [3.63, 3.8) is 0 Å². The van der Waals surface area contributed by atoms with Crippen LogP contribution in [0.25, 0.3) is 0 Å². The van der Waals surface area contributed by atoms with Crippen LogP contribution >= 0.6 is 22.9 Å². The van der Waals surface area contributed by atoms with Crippen LogP contribution in [0.1, 0.15) is 17.4 Å². The second-order valence-corrected chi connectivity index (χ2v) is 10.8. The van der Waals surface area contributed by atoms with Crippen molar-refractivity contribution in [3.8, 4) is 0 Å². The third-order valence-corrected chi connectivity index (χ3v) is 7.63. The maximum atomic E-state index is 12.5. The molecule has 0 fully saturated rings. The summed E-state index contributed by atoms with van der Waals surface area (Å²) in [5.41, 5.74) is -0.0661. The molecular formula is C16H14ClN5O5S3. The van der Waals surface area contributed by atoms with Gasteiger partial charge in [-0.2, -0.15) is 0 Å². The van der Waals surface area contributed by atoms with Gasteiger partial charge in [-0.05, 0) is 24.3 Å². The molecule has 1 aromatic carbocycles. The number of sulfonamides is 1. The first-order valence-corrected chi connectivity index (χ1v) is 12.6. The number of carbonyl (C=O) groups is 1. The zero-order chi connectivity index (χ0) is 21.9. The van der Waals surface area contributed by atoms with Crippen LogP contribution in [0.5, 0.6) is 0 Å². The SMILES string of the molecule is CCS(=O)(=O)c1ncc(Cl)c(C(=O)Nc2ccc(S(=O)(=O)Nc3nccs3)cc2)n1. The summed E-state index contributed by atoms with van der Waals surface area (Å²) < 4.78 is 50.9. The molecular weight excluding hydrogens is 474 g/mol. The number of thiazole rings is 1. The largest absolute Gasteiger partial charge is 0.321 e. The molecule has 0 saturated carbocycles. The van der Waals surface area contributed by atoms with Crippen molar-refractivity contribution in [2.45, 2.75) is 17.0 Å². The fourth-order valence-electron chi connectivity index (χ4n) is 2.14. The van der Waals surface area contributed by atoms with E-state index in [4.69, 9.17) is 11.6 Å². The highest BCUT2D eigenvalue weighted by atomic mass is 35.5. The van der Waals surface area contributed by atoms with E-state index in [0.29, 0.717) is 0 Å². The Morgan fingerprint density at radius 1 is 1.13 bits per heavy atom. The molecule has 3 rings (SSSR count). The molecule has 0 aliphatic carbocycles. The van der Waals surface area contributed by atoms with Crippen molar-refractivity contribution >= 4 is 59.5 Å². The molecule has 30 heavy (non-hydrogen) atoms. The number of nitrogens with zero attached hydrogens (tertiary/aromatic N) is 3.